The van der Waals surface area contributed by atoms with Gasteiger partial charge in [0.05, 0.1) is 23.0 Å². The Morgan fingerprint density at radius 2 is 2.06 bits per heavy atom. The Balaban J connectivity index is 1.44. The number of furan rings is 1. The number of carbonyl (C=O) groups is 2. The molecule has 0 spiro atoms. The third-order valence-electron chi connectivity index (χ3n) is 6.06. The first-order valence-corrected chi connectivity index (χ1v) is 10.7. The van der Waals surface area contributed by atoms with Crippen molar-refractivity contribution in [1.82, 2.24) is 10.3 Å². The van der Waals surface area contributed by atoms with Gasteiger partial charge in [-0.25, -0.2) is 9.78 Å². The SMILES string of the molecule is C[C@@H](NC(=O)COC(=O)c1c2c(nc3ccccc13)/C(=C/c1ccco1)CC2)C1CC1. The maximum Gasteiger partial charge on any atom is 0.339 e. The first-order valence-electron chi connectivity index (χ1n) is 10.7. The highest BCUT2D eigenvalue weighted by Crippen LogP contribution is 2.38. The second-order valence-electron chi connectivity index (χ2n) is 8.29. The van der Waals surface area contributed by atoms with Crippen LogP contribution in [0.25, 0.3) is 22.6 Å². The number of allylic oxidation sites excluding steroid dienone is 1. The lowest BCUT2D eigenvalue weighted by atomic mass is 10.0. The third kappa shape index (κ3) is 3.98. The molecule has 0 saturated heterocycles. The highest BCUT2D eigenvalue weighted by Gasteiger charge is 2.30. The predicted molar refractivity (Wildman–Crippen MR) is 117 cm³/mol. The number of amides is 1. The minimum absolute atomic E-state index is 0.117. The third-order valence-corrected chi connectivity index (χ3v) is 6.06. The first-order chi connectivity index (χ1) is 15.1. The van der Waals surface area contributed by atoms with Crippen molar-refractivity contribution >= 4 is 34.4 Å². The minimum Gasteiger partial charge on any atom is -0.465 e. The Morgan fingerprint density at radius 3 is 2.84 bits per heavy atom. The van der Waals surface area contributed by atoms with Gasteiger partial charge in [0.25, 0.3) is 5.91 Å². The topological polar surface area (TPSA) is 81.4 Å². The standard InChI is InChI=1S/C25H24N2O4/c1-15(16-8-9-16)26-22(28)14-31-25(29)23-19-6-2-3-7-21(19)27-24-17(10-11-20(23)24)13-18-5-4-12-30-18/h2-7,12-13,15-16H,8-11,14H2,1H3,(H,26,28)/b17-13+/t15-/m1/s1. The number of rotatable bonds is 6. The van der Waals surface area contributed by atoms with Gasteiger partial charge in [-0.3, -0.25) is 4.79 Å². The smallest absolute Gasteiger partial charge is 0.339 e. The number of aromatic nitrogens is 1. The molecule has 158 valence electrons. The predicted octanol–water partition coefficient (Wildman–Crippen LogP) is 4.39. The molecule has 1 saturated carbocycles. The molecule has 1 amide bonds. The second kappa shape index (κ2) is 8.02. The van der Waals surface area contributed by atoms with Crippen LogP contribution in [-0.4, -0.2) is 29.5 Å². The summed E-state index contributed by atoms with van der Waals surface area (Å²) < 4.78 is 10.9. The molecule has 5 rings (SSSR count). The van der Waals surface area contributed by atoms with Gasteiger partial charge < -0.3 is 14.5 Å². The zero-order valence-corrected chi connectivity index (χ0v) is 17.4. The van der Waals surface area contributed by atoms with Crippen LogP contribution in [0, 0.1) is 5.92 Å². The molecule has 1 N–H and O–H groups in total. The maximum absolute atomic E-state index is 13.1. The molecule has 1 aromatic carbocycles. The maximum atomic E-state index is 13.1. The van der Waals surface area contributed by atoms with E-state index in [2.05, 4.69) is 5.32 Å². The summed E-state index contributed by atoms with van der Waals surface area (Å²) in [5.41, 5.74) is 3.93. The van der Waals surface area contributed by atoms with Crippen molar-refractivity contribution in [1.29, 1.82) is 0 Å². The van der Waals surface area contributed by atoms with Gasteiger partial charge in [-0.1, -0.05) is 18.2 Å². The lowest BCUT2D eigenvalue weighted by Crippen LogP contribution is -2.37. The van der Waals surface area contributed by atoms with E-state index in [-0.39, 0.29) is 18.6 Å². The molecule has 1 fully saturated rings. The van der Waals surface area contributed by atoms with E-state index >= 15 is 0 Å². The number of nitrogens with one attached hydrogen (secondary N) is 1. The number of benzene rings is 1. The number of carbonyl (C=O) groups excluding carboxylic acids is 2. The lowest BCUT2D eigenvalue weighted by Gasteiger charge is -2.14. The van der Waals surface area contributed by atoms with Crippen molar-refractivity contribution in [3.8, 4) is 0 Å². The highest BCUT2D eigenvalue weighted by molar-refractivity contribution is 6.07. The summed E-state index contributed by atoms with van der Waals surface area (Å²) in [6.45, 7) is 1.71. The van der Waals surface area contributed by atoms with Crippen molar-refractivity contribution in [2.45, 2.75) is 38.6 Å². The monoisotopic (exact) mass is 416 g/mol. The molecule has 2 aliphatic carbocycles. The Bertz CT molecular complexity index is 1180. The van der Waals surface area contributed by atoms with Gasteiger partial charge in [0, 0.05) is 11.4 Å². The number of hydrogen-bond acceptors (Lipinski definition) is 5. The van der Waals surface area contributed by atoms with Gasteiger partial charge in [0.2, 0.25) is 0 Å². The van der Waals surface area contributed by atoms with Crippen LogP contribution < -0.4 is 5.32 Å². The van der Waals surface area contributed by atoms with Crippen LogP contribution in [0.4, 0.5) is 0 Å². The molecule has 2 heterocycles. The second-order valence-corrected chi connectivity index (χ2v) is 8.29. The summed E-state index contributed by atoms with van der Waals surface area (Å²) in [7, 11) is 0. The molecule has 6 heteroatoms. The van der Waals surface area contributed by atoms with Crippen molar-refractivity contribution in [3.05, 3.63) is 65.2 Å². The normalized spacial score (nSPS) is 17.5. The molecule has 0 aliphatic heterocycles. The van der Waals surface area contributed by atoms with Gasteiger partial charge in [-0.05, 0) is 73.9 Å². The number of fused-ring (bicyclic) bond motifs is 2. The van der Waals surface area contributed by atoms with Crippen LogP contribution in [0.5, 0.6) is 0 Å². The van der Waals surface area contributed by atoms with Gasteiger partial charge in [0.15, 0.2) is 6.61 Å². The summed E-state index contributed by atoms with van der Waals surface area (Å²) in [6, 6.07) is 11.4. The zero-order valence-electron chi connectivity index (χ0n) is 17.4. The number of para-hydroxylation sites is 1. The molecular weight excluding hydrogens is 392 g/mol. The Kier molecular flexibility index (Phi) is 5.06. The summed E-state index contributed by atoms with van der Waals surface area (Å²) in [5.74, 6) is 0.555. The largest absolute Gasteiger partial charge is 0.465 e. The summed E-state index contributed by atoms with van der Waals surface area (Å²) in [6.07, 6.45) is 7.34. The van der Waals surface area contributed by atoms with Crippen LogP contribution in [0.1, 0.15) is 53.6 Å². The number of pyridine rings is 1. The van der Waals surface area contributed by atoms with E-state index < -0.39 is 5.97 Å². The van der Waals surface area contributed by atoms with Gasteiger partial charge in [0.1, 0.15) is 5.76 Å². The van der Waals surface area contributed by atoms with Crippen molar-refractivity contribution < 1.29 is 18.7 Å². The van der Waals surface area contributed by atoms with Crippen LogP contribution >= 0.6 is 0 Å². The summed E-state index contributed by atoms with van der Waals surface area (Å²) in [5, 5.41) is 3.67. The molecule has 31 heavy (non-hydrogen) atoms. The van der Waals surface area contributed by atoms with Crippen LogP contribution in [0.2, 0.25) is 0 Å². The molecular formula is C25H24N2O4. The number of ether oxygens (including phenoxy) is 1. The molecule has 3 aromatic rings. The minimum atomic E-state index is -0.483. The number of hydrogen-bond donors (Lipinski definition) is 1. The molecule has 0 unspecified atom stereocenters. The fourth-order valence-corrected chi connectivity index (χ4v) is 4.27. The first kappa shape index (κ1) is 19.5. The molecule has 0 bridgehead atoms. The summed E-state index contributed by atoms with van der Waals surface area (Å²) in [4.78, 5) is 30.2. The summed E-state index contributed by atoms with van der Waals surface area (Å²) >= 11 is 0. The van der Waals surface area contributed by atoms with E-state index in [9.17, 15) is 9.59 Å². The van der Waals surface area contributed by atoms with E-state index in [1.54, 1.807) is 6.26 Å². The van der Waals surface area contributed by atoms with Crippen molar-refractivity contribution in [3.63, 3.8) is 0 Å². The molecule has 2 aromatic heterocycles. The Hall–Kier alpha value is -3.41. The van der Waals surface area contributed by atoms with Gasteiger partial charge >= 0.3 is 5.97 Å². The zero-order chi connectivity index (χ0) is 21.4. The fraction of sp³-hybridized carbons (Fsp3) is 0.320. The molecule has 1 atom stereocenters. The van der Waals surface area contributed by atoms with E-state index in [4.69, 9.17) is 14.1 Å². The Labute approximate surface area is 180 Å². The number of nitrogens with zero attached hydrogens (tertiary/aromatic N) is 1. The lowest BCUT2D eigenvalue weighted by molar-refractivity contribution is -0.124. The van der Waals surface area contributed by atoms with Crippen LogP contribution in [0.3, 0.4) is 0 Å². The van der Waals surface area contributed by atoms with Gasteiger partial charge in [-0.15, -0.1) is 0 Å². The molecule has 0 radical (unpaired) electrons. The van der Waals surface area contributed by atoms with Gasteiger partial charge in [-0.2, -0.15) is 0 Å². The fourth-order valence-electron chi connectivity index (χ4n) is 4.27. The van der Waals surface area contributed by atoms with Crippen molar-refractivity contribution in [2.75, 3.05) is 6.61 Å². The van der Waals surface area contributed by atoms with E-state index in [0.29, 0.717) is 17.9 Å². The van der Waals surface area contributed by atoms with E-state index in [0.717, 1.165) is 52.8 Å². The quantitative estimate of drug-likeness (QED) is 0.603. The highest BCUT2D eigenvalue weighted by atomic mass is 16.5. The molecule has 6 nitrogen and oxygen atoms in total. The van der Waals surface area contributed by atoms with E-state index in [1.807, 2.05) is 49.4 Å². The molecule has 2 aliphatic rings. The average Bonchev–Trinajstić information content (AvgIpc) is 3.38. The van der Waals surface area contributed by atoms with Crippen LogP contribution in [0.15, 0.2) is 47.1 Å². The number of esters is 1. The van der Waals surface area contributed by atoms with Crippen LogP contribution in [-0.2, 0) is 16.0 Å². The van der Waals surface area contributed by atoms with E-state index in [1.165, 1.54) is 0 Å². The average molecular weight is 416 g/mol. The van der Waals surface area contributed by atoms with Crippen molar-refractivity contribution in [2.24, 2.45) is 5.92 Å². The Morgan fingerprint density at radius 1 is 1.23 bits per heavy atom.